The number of amides is 2. The molecule has 10 nitrogen and oxygen atoms in total. The normalized spacial score (nSPS) is 16.4. The summed E-state index contributed by atoms with van der Waals surface area (Å²) in [5.74, 6) is -0.00388. The van der Waals surface area contributed by atoms with Crippen molar-refractivity contribution < 1.29 is 19.0 Å². The van der Waals surface area contributed by atoms with Gasteiger partial charge in [0.05, 0.1) is 31.1 Å². The lowest BCUT2D eigenvalue weighted by Gasteiger charge is -2.24. The summed E-state index contributed by atoms with van der Waals surface area (Å²) in [6.45, 7) is 7.45. The molecule has 1 aliphatic rings. The number of fused-ring (bicyclic) bond motifs is 1. The van der Waals surface area contributed by atoms with Crippen molar-refractivity contribution in [3.63, 3.8) is 0 Å². The first kappa shape index (κ1) is 25.4. The Morgan fingerprint density at radius 2 is 1.97 bits per heavy atom. The van der Waals surface area contributed by atoms with Gasteiger partial charge in [0.25, 0.3) is 5.56 Å². The van der Waals surface area contributed by atoms with E-state index in [4.69, 9.17) is 19.9 Å². The first-order chi connectivity index (χ1) is 15.7. The molecule has 33 heavy (non-hydrogen) atoms. The minimum absolute atomic E-state index is 0.00388. The van der Waals surface area contributed by atoms with Gasteiger partial charge in [-0.15, -0.1) is 11.3 Å². The molecule has 184 valence electrons. The average molecular weight is 483 g/mol. The first-order valence-electron chi connectivity index (χ1n) is 11.2. The second kappa shape index (κ2) is 10.8. The van der Waals surface area contributed by atoms with Crippen molar-refractivity contribution in [3.8, 4) is 0 Å². The predicted octanol–water partition coefficient (Wildman–Crippen LogP) is 2.05. The zero-order valence-corrected chi connectivity index (χ0v) is 20.8. The number of ether oxygens (including phenoxy) is 3. The number of methoxy groups -OCH3 is 2. The van der Waals surface area contributed by atoms with Crippen molar-refractivity contribution in [2.75, 3.05) is 27.4 Å². The Kier molecular flexibility index (Phi) is 8.33. The van der Waals surface area contributed by atoms with E-state index in [0.29, 0.717) is 23.4 Å². The molecule has 0 spiro atoms. The Morgan fingerprint density at radius 3 is 2.48 bits per heavy atom. The Labute approximate surface area is 196 Å². The van der Waals surface area contributed by atoms with Crippen LogP contribution in [0.1, 0.15) is 50.0 Å². The van der Waals surface area contributed by atoms with Crippen LogP contribution in [0.2, 0.25) is 0 Å². The van der Waals surface area contributed by atoms with Crippen LogP contribution in [0, 0.1) is 0 Å². The van der Waals surface area contributed by atoms with Gasteiger partial charge in [0, 0.05) is 32.2 Å². The van der Waals surface area contributed by atoms with Crippen LogP contribution in [0.3, 0.4) is 0 Å². The van der Waals surface area contributed by atoms with E-state index in [1.165, 1.54) is 35.0 Å². The number of carbonyl (C=O) groups excluding carboxylic acids is 1. The van der Waals surface area contributed by atoms with E-state index >= 15 is 0 Å². The Bertz CT molecular complexity index is 1090. The summed E-state index contributed by atoms with van der Waals surface area (Å²) in [7, 11) is 2.98. The van der Waals surface area contributed by atoms with Crippen LogP contribution < -0.4 is 17.0 Å². The third-order valence-corrected chi connectivity index (χ3v) is 7.23. The van der Waals surface area contributed by atoms with Crippen molar-refractivity contribution in [2.24, 2.45) is 5.73 Å². The molecular weight excluding hydrogens is 448 g/mol. The molecule has 0 saturated carbocycles. The van der Waals surface area contributed by atoms with Gasteiger partial charge in [-0.05, 0) is 31.2 Å². The van der Waals surface area contributed by atoms with E-state index in [0.717, 1.165) is 23.3 Å². The molecule has 1 aliphatic heterocycles. The van der Waals surface area contributed by atoms with Gasteiger partial charge < -0.3 is 24.8 Å². The molecule has 2 aromatic heterocycles. The maximum Gasteiger partial charge on any atom is 0.332 e. The van der Waals surface area contributed by atoms with Crippen LogP contribution in [0.25, 0.3) is 10.2 Å². The summed E-state index contributed by atoms with van der Waals surface area (Å²) in [6.07, 6.45) is 1.13. The molecule has 2 aromatic rings. The molecule has 0 radical (unpaired) electrons. The number of hydrogen-bond acceptors (Lipinski definition) is 7. The Morgan fingerprint density at radius 1 is 1.27 bits per heavy atom. The lowest BCUT2D eigenvalue weighted by molar-refractivity contribution is -0.111. The highest BCUT2D eigenvalue weighted by Gasteiger charge is 2.27. The number of hydrogen-bond donors (Lipinski definition) is 1. The van der Waals surface area contributed by atoms with E-state index in [-0.39, 0.29) is 42.9 Å². The molecule has 3 rings (SSSR count). The average Bonchev–Trinajstić information content (AvgIpc) is 3.42. The van der Waals surface area contributed by atoms with Crippen LogP contribution in [0.15, 0.2) is 9.59 Å². The standard InChI is InChI=1S/C22H34N4O6S/c1-6-25-19(27)18-17(13(2)3)15(11-24(21(23)28)12-16(30-4)31-5)33-20(18)26(22(25)29)10-14-8-7-9-32-14/h13-14,16H,6-12H2,1-5H3,(H2,23,28). The van der Waals surface area contributed by atoms with E-state index in [2.05, 4.69) is 0 Å². The van der Waals surface area contributed by atoms with Crippen LogP contribution in [-0.2, 0) is 33.8 Å². The highest BCUT2D eigenvalue weighted by molar-refractivity contribution is 7.18. The molecule has 1 atom stereocenters. The number of nitrogens with two attached hydrogens (primary N) is 1. The SMILES string of the molecule is CCn1c(=O)c2c(C(C)C)c(CN(CC(OC)OC)C(N)=O)sc2n(CC2CCCO2)c1=O. The highest BCUT2D eigenvalue weighted by atomic mass is 32.1. The Hall–Kier alpha value is -2.21. The summed E-state index contributed by atoms with van der Waals surface area (Å²) in [6, 6.07) is -0.621. The second-order valence-electron chi connectivity index (χ2n) is 8.47. The van der Waals surface area contributed by atoms with Crippen LogP contribution in [-0.4, -0.2) is 59.8 Å². The minimum atomic E-state index is -0.635. The monoisotopic (exact) mass is 482 g/mol. The maximum absolute atomic E-state index is 13.4. The highest BCUT2D eigenvalue weighted by Crippen LogP contribution is 2.35. The summed E-state index contributed by atoms with van der Waals surface area (Å²) in [5, 5.41) is 0.531. The van der Waals surface area contributed by atoms with Crippen molar-refractivity contribution in [3.05, 3.63) is 31.3 Å². The van der Waals surface area contributed by atoms with E-state index in [9.17, 15) is 14.4 Å². The largest absolute Gasteiger partial charge is 0.376 e. The smallest absolute Gasteiger partial charge is 0.332 e. The number of primary amides is 1. The minimum Gasteiger partial charge on any atom is -0.376 e. The number of urea groups is 1. The number of thiophene rings is 1. The Balaban J connectivity index is 2.18. The van der Waals surface area contributed by atoms with E-state index in [1.54, 1.807) is 11.5 Å². The zero-order chi connectivity index (χ0) is 24.3. The van der Waals surface area contributed by atoms with Gasteiger partial charge in [0.2, 0.25) is 0 Å². The summed E-state index contributed by atoms with van der Waals surface area (Å²) < 4.78 is 19.2. The summed E-state index contributed by atoms with van der Waals surface area (Å²) >= 11 is 1.36. The van der Waals surface area contributed by atoms with Crippen molar-refractivity contribution >= 4 is 27.6 Å². The lowest BCUT2D eigenvalue weighted by Crippen LogP contribution is -2.41. The van der Waals surface area contributed by atoms with Crippen LogP contribution >= 0.6 is 11.3 Å². The molecule has 2 amide bonds. The van der Waals surface area contributed by atoms with Gasteiger partial charge in [-0.1, -0.05) is 13.8 Å². The van der Waals surface area contributed by atoms with Crippen molar-refractivity contribution in [1.29, 1.82) is 0 Å². The fourth-order valence-electron chi connectivity index (χ4n) is 4.32. The van der Waals surface area contributed by atoms with Gasteiger partial charge in [0.1, 0.15) is 4.83 Å². The lowest BCUT2D eigenvalue weighted by atomic mass is 10.0. The number of nitrogens with zero attached hydrogens (tertiary/aromatic N) is 3. The predicted molar refractivity (Wildman–Crippen MR) is 127 cm³/mol. The summed E-state index contributed by atoms with van der Waals surface area (Å²) in [4.78, 5) is 41.7. The summed E-state index contributed by atoms with van der Waals surface area (Å²) in [5.41, 5.74) is 5.84. The van der Waals surface area contributed by atoms with Crippen LogP contribution in [0.5, 0.6) is 0 Å². The van der Waals surface area contributed by atoms with Gasteiger partial charge in [0.15, 0.2) is 6.29 Å². The fraction of sp³-hybridized carbons (Fsp3) is 0.682. The molecule has 2 N–H and O–H groups in total. The fourth-order valence-corrected chi connectivity index (χ4v) is 5.78. The molecular formula is C22H34N4O6S. The van der Waals surface area contributed by atoms with Gasteiger partial charge in [-0.3, -0.25) is 13.9 Å². The van der Waals surface area contributed by atoms with Crippen molar-refractivity contribution in [1.82, 2.24) is 14.0 Å². The molecule has 1 saturated heterocycles. The molecule has 0 aliphatic carbocycles. The van der Waals surface area contributed by atoms with Gasteiger partial charge in [-0.25, -0.2) is 9.59 Å². The second-order valence-corrected chi connectivity index (χ2v) is 9.55. The third-order valence-electron chi connectivity index (χ3n) is 6.01. The third kappa shape index (κ3) is 5.16. The first-order valence-corrected chi connectivity index (χ1v) is 12.0. The molecule has 0 bridgehead atoms. The molecule has 1 unspecified atom stereocenters. The molecule has 0 aromatic carbocycles. The van der Waals surface area contributed by atoms with Crippen LogP contribution in [0.4, 0.5) is 4.79 Å². The number of aromatic nitrogens is 2. The van der Waals surface area contributed by atoms with Gasteiger partial charge >= 0.3 is 11.7 Å². The molecule has 1 fully saturated rings. The maximum atomic E-state index is 13.4. The van der Waals surface area contributed by atoms with E-state index in [1.807, 2.05) is 13.8 Å². The molecule has 11 heteroatoms. The number of carbonyl (C=O) groups is 1. The molecule has 3 heterocycles. The van der Waals surface area contributed by atoms with E-state index < -0.39 is 12.3 Å². The zero-order valence-electron chi connectivity index (χ0n) is 20.0. The number of rotatable bonds is 10. The van der Waals surface area contributed by atoms with Gasteiger partial charge in [-0.2, -0.15) is 0 Å². The topological polar surface area (TPSA) is 118 Å². The van der Waals surface area contributed by atoms with Crippen molar-refractivity contribution in [2.45, 2.75) is 71.6 Å². The quantitative estimate of drug-likeness (QED) is 0.518.